The standard InChI is InChI=1S/C26H32N6O2S/c1-6-32-20(11-16(3)29-32)24(33)27-13-21-19-12-18(19)14-31(21)25(34)22-23(35-26(28-22)30(4)5)17-9-7-8-15(2)10-17/h7-11,18-19,21H,6,12-14H2,1-5H3,(H,27,33)/t18-,19-,21+/m0/s1. The van der Waals surface area contributed by atoms with Crippen molar-refractivity contribution in [2.24, 2.45) is 11.8 Å². The van der Waals surface area contributed by atoms with Gasteiger partial charge in [0.25, 0.3) is 11.8 Å². The fourth-order valence-electron chi connectivity index (χ4n) is 5.09. The van der Waals surface area contributed by atoms with Gasteiger partial charge in [0.1, 0.15) is 11.4 Å². The highest BCUT2D eigenvalue weighted by Crippen LogP contribution is 2.50. The largest absolute Gasteiger partial charge is 0.354 e. The topological polar surface area (TPSA) is 83.4 Å². The first-order valence-corrected chi connectivity index (χ1v) is 13.0. The van der Waals surface area contributed by atoms with Crippen molar-refractivity contribution in [3.05, 3.63) is 53.0 Å². The van der Waals surface area contributed by atoms with Gasteiger partial charge in [-0.1, -0.05) is 41.2 Å². The first-order chi connectivity index (χ1) is 16.8. The number of aryl methyl sites for hydroxylation is 3. The zero-order valence-electron chi connectivity index (χ0n) is 20.9. The lowest BCUT2D eigenvalue weighted by Gasteiger charge is -2.27. The second-order valence-electron chi connectivity index (χ2n) is 9.82. The van der Waals surface area contributed by atoms with Gasteiger partial charge >= 0.3 is 0 Å². The molecule has 1 saturated carbocycles. The first kappa shape index (κ1) is 23.5. The zero-order valence-corrected chi connectivity index (χ0v) is 21.7. The summed E-state index contributed by atoms with van der Waals surface area (Å²) in [6, 6.07) is 9.99. The quantitative estimate of drug-likeness (QED) is 0.545. The Bertz CT molecular complexity index is 1280. The molecule has 0 spiro atoms. The Morgan fingerprint density at radius 2 is 2.03 bits per heavy atom. The second kappa shape index (κ2) is 9.11. The van der Waals surface area contributed by atoms with Gasteiger partial charge in [0.2, 0.25) is 0 Å². The lowest BCUT2D eigenvalue weighted by molar-refractivity contribution is 0.0690. The molecule has 3 atom stereocenters. The highest BCUT2D eigenvalue weighted by atomic mass is 32.1. The predicted molar refractivity (Wildman–Crippen MR) is 138 cm³/mol. The smallest absolute Gasteiger partial charge is 0.274 e. The number of benzene rings is 1. The van der Waals surface area contributed by atoms with Gasteiger partial charge in [-0.2, -0.15) is 5.10 Å². The lowest BCUT2D eigenvalue weighted by Crippen LogP contribution is -2.46. The molecule has 1 aliphatic heterocycles. The van der Waals surface area contributed by atoms with E-state index in [0.717, 1.165) is 39.8 Å². The third-order valence-corrected chi connectivity index (χ3v) is 8.22. The maximum Gasteiger partial charge on any atom is 0.274 e. The van der Waals surface area contributed by atoms with Gasteiger partial charge in [0.05, 0.1) is 16.6 Å². The van der Waals surface area contributed by atoms with E-state index in [4.69, 9.17) is 4.98 Å². The molecule has 1 N–H and O–H groups in total. The molecule has 35 heavy (non-hydrogen) atoms. The molecule has 0 bridgehead atoms. The number of piperidine rings is 1. The van der Waals surface area contributed by atoms with Crippen LogP contribution in [0.3, 0.4) is 0 Å². The molecular formula is C26H32N6O2S. The van der Waals surface area contributed by atoms with Crippen LogP contribution in [0.5, 0.6) is 0 Å². The molecule has 3 aromatic rings. The minimum absolute atomic E-state index is 0.0228. The highest BCUT2D eigenvalue weighted by molar-refractivity contribution is 7.19. The molecule has 1 aliphatic carbocycles. The van der Waals surface area contributed by atoms with Crippen molar-refractivity contribution in [2.75, 3.05) is 32.1 Å². The molecule has 9 heteroatoms. The van der Waals surface area contributed by atoms with Crippen LogP contribution in [0.2, 0.25) is 0 Å². The van der Waals surface area contributed by atoms with Gasteiger partial charge in [0.15, 0.2) is 5.13 Å². The summed E-state index contributed by atoms with van der Waals surface area (Å²) in [7, 11) is 3.89. The Hall–Kier alpha value is -3.20. The highest BCUT2D eigenvalue weighted by Gasteiger charge is 2.54. The van der Waals surface area contributed by atoms with Crippen molar-refractivity contribution in [3.63, 3.8) is 0 Å². The van der Waals surface area contributed by atoms with Crippen LogP contribution in [-0.4, -0.2) is 64.7 Å². The number of nitrogens with zero attached hydrogens (tertiary/aromatic N) is 5. The minimum Gasteiger partial charge on any atom is -0.354 e. The maximum absolute atomic E-state index is 13.9. The minimum atomic E-state index is -0.145. The first-order valence-electron chi connectivity index (χ1n) is 12.2. The van der Waals surface area contributed by atoms with Crippen molar-refractivity contribution in [3.8, 4) is 10.4 Å². The van der Waals surface area contributed by atoms with E-state index >= 15 is 0 Å². The van der Waals surface area contributed by atoms with Crippen LogP contribution in [0.4, 0.5) is 5.13 Å². The number of nitrogens with one attached hydrogen (secondary N) is 1. The van der Waals surface area contributed by atoms with Gasteiger partial charge in [0, 0.05) is 33.7 Å². The average molecular weight is 493 g/mol. The summed E-state index contributed by atoms with van der Waals surface area (Å²) in [5.74, 6) is 0.754. The van der Waals surface area contributed by atoms with Crippen LogP contribution in [-0.2, 0) is 6.54 Å². The Balaban J connectivity index is 1.39. The van der Waals surface area contributed by atoms with Gasteiger partial charge in [-0.15, -0.1) is 0 Å². The van der Waals surface area contributed by atoms with Gasteiger partial charge in [-0.05, 0) is 50.7 Å². The Morgan fingerprint density at radius 1 is 1.23 bits per heavy atom. The van der Waals surface area contributed by atoms with E-state index in [2.05, 4.69) is 29.5 Å². The number of aromatic nitrogens is 3. The van der Waals surface area contributed by atoms with Crippen LogP contribution in [0, 0.1) is 25.7 Å². The van der Waals surface area contributed by atoms with E-state index in [0.29, 0.717) is 36.3 Å². The van der Waals surface area contributed by atoms with E-state index < -0.39 is 0 Å². The van der Waals surface area contributed by atoms with Crippen molar-refractivity contribution in [2.45, 2.75) is 39.8 Å². The fraction of sp³-hybridized carbons (Fsp3) is 0.462. The Kier molecular flexibility index (Phi) is 6.13. The van der Waals surface area contributed by atoms with Crippen LogP contribution in [0.25, 0.3) is 10.4 Å². The summed E-state index contributed by atoms with van der Waals surface area (Å²) in [5, 5.41) is 8.26. The number of amides is 2. The Labute approximate surface area is 210 Å². The molecule has 3 heterocycles. The molecule has 0 radical (unpaired) electrons. The number of hydrogen-bond acceptors (Lipinski definition) is 6. The molecule has 2 aliphatic rings. The zero-order chi connectivity index (χ0) is 24.9. The maximum atomic E-state index is 13.9. The van der Waals surface area contributed by atoms with Crippen LogP contribution in [0.15, 0.2) is 30.3 Å². The third-order valence-electron chi connectivity index (χ3n) is 6.95. The van der Waals surface area contributed by atoms with Crippen LogP contribution in [0.1, 0.15) is 45.6 Å². The number of rotatable bonds is 7. The predicted octanol–water partition coefficient (Wildman–Crippen LogP) is 3.60. The van der Waals surface area contributed by atoms with E-state index in [-0.39, 0.29) is 17.9 Å². The second-order valence-corrected chi connectivity index (χ2v) is 10.8. The lowest BCUT2D eigenvalue weighted by atomic mass is 10.1. The number of thiazole rings is 1. The number of hydrogen-bond donors (Lipinski definition) is 1. The Morgan fingerprint density at radius 3 is 2.74 bits per heavy atom. The number of carbonyl (C=O) groups excluding carboxylic acids is 2. The summed E-state index contributed by atoms with van der Waals surface area (Å²) in [6.07, 6.45) is 1.11. The molecule has 184 valence electrons. The number of fused-ring (bicyclic) bond motifs is 1. The molecule has 1 saturated heterocycles. The molecule has 5 rings (SSSR count). The number of carbonyl (C=O) groups is 2. The van der Waals surface area contributed by atoms with Crippen LogP contribution >= 0.6 is 11.3 Å². The fourth-order valence-corrected chi connectivity index (χ4v) is 6.06. The average Bonchev–Trinajstić information content (AvgIpc) is 3.17. The van der Waals surface area contributed by atoms with Gasteiger partial charge in [-0.3, -0.25) is 14.3 Å². The normalized spacial score (nSPS) is 20.6. The molecule has 1 aromatic carbocycles. The molecular weight excluding hydrogens is 460 g/mol. The SMILES string of the molecule is CCn1nc(C)cc1C(=O)NC[C@@H]1[C@H]2C[C@H]2CN1C(=O)c1nc(N(C)C)sc1-c1cccc(C)c1. The van der Waals surface area contributed by atoms with Crippen molar-refractivity contribution in [1.29, 1.82) is 0 Å². The summed E-state index contributed by atoms with van der Waals surface area (Å²) in [5.41, 5.74) is 4.04. The van der Waals surface area contributed by atoms with Crippen molar-refractivity contribution in [1.82, 2.24) is 25.0 Å². The summed E-state index contributed by atoms with van der Waals surface area (Å²) >= 11 is 1.54. The molecule has 0 unspecified atom stereocenters. The summed E-state index contributed by atoms with van der Waals surface area (Å²) in [4.78, 5) is 36.3. The van der Waals surface area contributed by atoms with Crippen molar-refractivity contribution < 1.29 is 9.59 Å². The van der Waals surface area contributed by atoms with Gasteiger partial charge in [-0.25, -0.2) is 4.98 Å². The van der Waals surface area contributed by atoms with E-state index in [1.165, 1.54) is 11.3 Å². The molecule has 2 fully saturated rings. The summed E-state index contributed by atoms with van der Waals surface area (Å²) in [6.45, 7) is 7.70. The summed E-state index contributed by atoms with van der Waals surface area (Å²) < 4.78 is 1.72. The van der Waals surface area contributed by atoms with Crippen molar-refractivity contribution >= 4 is 28.3 Å². The van der Waals surface area contributed by atoms with Gasteiger partial charge < -0.3 is 15.1 Å². The molecule has 2 amide bonds. The van der Waals surface area contributed by atoms with Crippen LogP contribution < -0.4 is 10.2 Å². The molecule has 2 aromatic heterocycles. The van der Waals surface area contributed by atoms with E-state index in [9.17, 15) is 9.59 Å². The van der Waals surface area contributed by atoms with E-state index in [1.54, 1.807) is 4.68 Å². The van der Waals surface area contributed by atoms with E-state index in [1.807, 2.05) is 55.9 Å². The molecule has 8 nitrogen and oxygen atoms in total. The number of anilines is 1. The third kappa shape index (κ3) is 4.45. The number of likely N-dealkylation sites (tertiary alicyclic amines) is 1. The monoisotopic (exact) mass is 492 g/mol.